The van der Waals surface area contributed by atoms with Crippen molar-refractivity contribution in [3.05, 3.63) is 29.8 Å². The second kappa shape index (κ2) is 8.11. The second-order valence-electron chi connectivity index (χ2n) is 6.30. The molecule has 0 radical (unpaired) electrons. The van der Waals surface area contributed by atoms with Crippen LogP contribution >= 0.6 is 0 Å². The highest BCUT2D eigenvalue weighted by molar-refractivity contribution is 5.94. The Morgan fingerprint density at radius 2 is 2.00 bits per heavy atom. The maximum Gasteiger partial charge on any atom is 0.305 e. The average molecular weight is 349 g/mol. The third kappa shape index (κ3) is 5.29. The fourth-order valence-corrected chi connectivity index (χ4v) is 2.81. The predicted molar refractivity (Wildman–Crippen MR) is 89.7 cm³/mol. The molecule has 136 valence electrons. The number of hydrogen-bond acceptors (Lipinski definition) is 5. The average Bonchev–Trinajstić information content (AvgIpc) is 2.55. The summed E-state index contributed by atoms with van der Waals surface area (Å²) < 4.78 is 10.9. The van der Waals surface area contributed by atoms with Crippen LogP contribution in [0.25, 0.3) is 0 Å². The van der Waals surface area contributed by atoms with Gasteiger partial charge in [0, 0.05) is 18.8 Å². The van der Waals surface area contributed by atoms with Gasteiger partial charge in [0.15, 0.2) is 11.9 Å². The van der Waals surface area contributed by atoms with Gasteiger partial charge >= 0.3 is 5.97 Å². The lowest BCUT2D eigenvalue weighted by Crippen LogP contribution is -2.56. The van der Waals surface area contributed by atoms with Gasteiger partial charge in [-0.3, -0.25) is 14.4 Å². The molecule has 1 aliphatic rings. The van der Waals surface area contributed by atoms with Gasteiger partial charge in [0.1, 0.15) is 5.75 Å². The molecule has 0 aliphatic carbocycles. The van der Waals surface area contributed by atoms with Crippen molar-refractivity contribution in [2.24, 2.45) is 0 Å². The van der Waals surface area contributed by atoms with E-state index in [0.29, 0.717) is 37.4 Å². The lowest BCUT2D eigenvalue weighted by molar-refractivity contribution is -0.141. The molecule has 1 atom stereocenters. The SMILES string of the molecule is CC(=O)c1cccc(OC(C)C(=O)NC2(CC(=O)O)CCOCC2)c1. The third-order valence-corrected chi connectivity index (χ3v) is 4.25. The van der Waals surface area contributed by atoms with Crippen LogP contribution in [0.4, 0.5) is 0 Å². The van der Waals surface area contributed by atoms with Crippen LogP contribution in [0.1, 0.15) is 43.5 Å². The maximum atomic E-state index is 12.5. The summed E-state index contributed by atoms with van der Waals surface area (Å²) in [5, 5.41) is 12.0. The standard InChI is InChI=1S/C18H23NO6/c1-12(20)14-4-3-5-15(10-14)25-13(2)17(23)19-18(11-16(21)22)6-8-24-9-7-18/h3-5,10,13H,6-9,11H2,1-2H3,(H,19,23)(H,21,22). The van der Waals surface area contributed by atoms with Gasteiger partial charge in [0.2, 0.25) is 0 Å². The van der Waals surface area contributed by atoms with Crippen molar-refractivity contribution in [1.82, 2.24) is 5.32 Å². The Hall–Kier alpha value is -2.41. The predicted octanol–water partition coefficient (Wildman–Crippen LogP) is 1.80. The Labute approximate surface area is 146 Å². The molecule has 2 rings (SSSR count). The number of carboxylic acid groups (broad SMARTS) is 1. The Balaban J connectivity index is 2.04. The summed E-state index contributed by atoms with van der Waals surface area (Å²) in [4.78, 5) is 35.1. The summed E-state index contributed by atoms with van der Waals surface area (Å²) >= 11 is 0. The van der Waals surface area contributed by atoms with E-state index < -0.39 is 23.5 Å². The van der Waals surface area contributed by atoms with E-state index in [1.807, 2.05) is 0 Å². The third-order valence-electron chi connectivity index (χ3n) is 4.25. The lowest BCUT2D eigenvalue weighted by atomic mass is 9.86. The number of aliphatic carboxylic acids is 1. The zero-order chi connectivity index (χ0) is 18.4. The van der Waals surface area contributed by atoms with Gasteiger partial charge in [-0.25, -0.2) is 0 Å². The van der Waals surface area contributed by atoms with Crippen molar-refractivity contribution < 1.29 is 29.0 Å². The van der Waals surface area contributed by atoms with Crippen molar-refractivity contribution in [3.8, 4) is 5.75 Å². The van der Waals surface area contributed by atoms with Gasteiger partial charge in [0.05, 0.1) is 12.0 Å². The molecule has 1 fully saturated rings. The van der Waals surface area contributed by atoms with Gasteiger partial charge in [-0.05, 0) is 38.8 Å². The summed E-state index contributed by atoms with van der Waals surface area (Å²) in [6.07, 6.45) is -0.0974. The summed E-state index contributed by atoms with van der Waals surface area (Å²) in [5.41, 5.74) is -0.322. The molecule has 7 nitrogen and oxygen atoms in total. The van der Waals surface area contributed by atoms with Crippen LogP contribution in [0.15, 0.2) is 24.3 Å². The van der Waals surface area contributed by atoms with Gasteiger partial charge in [-0.1, -0.05) is 12.1 Å². The molecule has 7 heteroatoms. The van der Waals surface area contributed by atoms with Gasteiger partial charge in [-0.15, -0.1) is 0 Å². The van der Waals surface area contributed by atoms with Crippen molar-refractivity contribution >= 4 is 17.7 Å². The molecular weight excluding hydrogens is 326 g/mol. The second-order valence-corrected chi connectivity index (χ2v) is 6.30. The van der Waals surface area contributed by atoms with Crippen molar-refractivity contribution in [2.75, 3.05) is 13.2 Å². The van der Waals surface area contributed by atoms with Crippen LogP contribution in [0.2, 0.25) is 0 Å². The van der Waals surface area contributed by atoms with Gasteiger partial charge in [-0.2, -0.15) is 0 Å². The summed E-state index contributed by atoms with van der Waals surface area (Å²) in [6.45, 7) is 3.85. The topological polar surface area (TPSA) is 102 Å². The minimum absolute atomic E-state index is 0.0924. The number of carboxylic acids is 1. The summed E-state index contributed by atoms with van der Waals surface area (Å²) in [6, 6.07) is 6.59. The van der Waals surface area contributed by atoms with E-state index in [1.165, 1.54) is 6.92 Å². The number of nitrogens with one attached hydrogen (secondary N) is 1. The molecule has 0 spiro atoms. The Morgan fingerprint density at radius 1 is 1.32 bits per heavy atom. The van der Waals surface area contributed by atoms with E-state index in [0.717, 1.165) is 0 Å². The van der Waals surface area contributed by atoms with Crippen molar-refractivity contribution in [1.29, 1.82) is 0 Å². The highest BCUT2D eigenvalue weighted by atomic mass is 16.5. The zero-order valence-corrected chi connectivity index (χ0v) is 14.4. The monoisotopic (exact) mass is 349 g/mol. The number of carbonyl (C=O) groups is 3. The van der Waals surface area contributed by atoms with E-state index in [-0.39, 0.29) is 12.2 Å². The number of carbonyl (C=O) groups excluding carboxylic acids is 2. The Kier molecular flexibility index (Phi) is 6.14. The molecule has 1 saturated heterocycles. The lowest BCUT2D eigenvalue weighted by Gasteiger charge is -2.37. The summed E-state index contributed by atoms with van der Waals surface area (Å²) in [7, 11) is 0. The molecule has 1 amide bonds. The smallest absolute Gasteiger partial charge is 0.305 e. The van der Waals surface area contributed by atoms with Crippen LogP contribution in [-0.2, 0) is 14.3 Å². The minimum atomic E-state index is -0.968. The fraction of sp³-hybridized carbons (Fsp3) is 0.500. The molecule has 0 bridgehead atoms. The first-order chi connectivity index (χ1) is 11.8. The van der Waals surface area contributed by atoms with Gasteiger partial charge in [0.25, 0.3) is 5.91 Å². The number of ether oxygens (including phenoxy) is 2. The van der Waals surface area contributed by atoms with E-state index in [9.17, 15) is 14.4 Å². The van der Waals surface area contributed by atoms with Crippen LogP contribution < -0.4 is 10.1 Å². The Bertz CT molecular complexity index is 651. The molecular formula is C18H23NO6. The van der Waals surface area contributed by atoms with Crippen molar-refractivity contribution in [2.45, 2.75) is 44.8 Å². The molecule has 2 N–H and O–H groups in total. The number of Topliss-reactive ketones (excluding diaryl/α,β-unsaturated/α-hetero) is 1. The molecule has 1 aliphatic heterocycles. The van der Waals surface area contributed by atoms with E-state index >= 15 is 0 Å². The largest absolute Gasteiger partial charge is 0.481 e. The molecule has 1 aromatic rings. The molecule has 0 aromatic heterocycles. The zero-order valence-electron chi connectivity index (χ0n) is 14.4. The normalized spacial score (nSPS) is 17.4. The van der Waals surface area contributed by atoms with Gasteiger partial charge < -0.3 is 19.9 Å². The quantitative estimate of drug-likeness (QED) is 0.728. The summed E-state index contributed by atoms with van der Waals surface area (Å²) in [5.74, 6) is -1.04. The van der Waals surface area contributed by atoms with Crippen LogP contribution in [-0.4, -0.2) is 47.6 Å². The fourth-order valence-electron chi connectivity index (χ4n) is 2.81. The van der Waals surface area contributed by atoms with E-state index in [4.69, 9.17) is 14.6 Å². The van der Waals surface area contributed by atoms with Crippen LogP contribution in [0.3, 0.4) is 0 Å². The highest BCUT2D eigenvalue weighted by Gasteiger charge is 2.37. The number of amides is 1. The van der Waals surface area contributed by atoms with E-state index in [1.54, 1.807) is 31.2 Å². The molecule has 1 heterocycles. The molecule has 25 heavy (non-hydrogen) atoms. The van der Waals surface area contributed by atoms with Crippen LogP contribution in [0, 0.1) is 0 Å². The number of rotatable bonds is 7. The van der Waals surface area contributed by atoms with E-state index in [2.05, 4.69) is 5.32 Å². The number of hydrogen-bond donors (Lipinski definition) is 2. The first-order valence-electron chi connectivity index (χ1n) is 8.20. The number of benzene rings is 1. The van der Waals surface area contributed by atoms with Crippen LogP contribution in [0.5, 0.6) is 5.75 Å². The molecule has 1 unspecified atom stereocenters. The van der Waals surface area contributed by atoms with Crippen molar-refractivity contribution in [3.63, 3.8) is 0 Å². The molecule has 0 saturated carbocycles. The highest BCUT2D eigenvalue weighted by Crippen LogP contribution is 2.25. The minimum Gasteiger partial charge on any atom is -0.481 e. The number of ketones is 1. The first kappa shape index (κ1) is 18.9. The maximum absolute atomic E-state index is 12.5. The molecule has 1 aromatic carbocycles. The Morgan fingerprint density at radius 3 is 2.60 bits per heavy atom. The first-order valence-corrected chi connectivity index (χ1v) is 8.20.